The minimum atomic E-state index is -0.486. The van der Waals surface area contributed by atoms with Crippen LogP contribution in [0.15, 0.2) is 42.5 Å². The maximum absolute atomic E-state index is 12.5. The molecule has 0 unspecified atom stereocenters. The standard InChI is InChI=1S/C21H24N6O3/c1-13-8-9-14(2)16(10-13)24-18(28)12-27-20(22)19(25-26-27)21(29)23-11-15-6-4-5-7-17(15)30-3/h4-10H,11-12,22H2,1-3H3,(H,23,29)(H,24,28). The van der Waals surface area contributed by atoms with Crippen LogP contribution < -0.4 is 21.1 Å². The molecule has 0 atom stereocenters. The first-order valence-electron chi connectivity index (χ1n) is 9.35. The number of carbonyl (C=O) groups excluding carboxylic acids is 2. The summed E-state index contributed by atoms with van der Waals surface area (Å²) >= 11 is 0. The number of amides is 2. The van der Waals surface area contributed by atoms with E-state index in [4.69, 9.17) is 10.5 Å². The topological polar surface area (TPSA) is 124 Å². The lowest BCUT2D eigenvalue weighted by atomic mass is 10.1. The van der Waals surface area contributed by atoms with Crippen molar-refractivity contribution in [3.05, 3.63) is 64.8 Å². The van der Waals surface area contributed by atoms with E-state index in [0.717, 1.165) is 16.7 Å². The number of ether oxygens (including phenoxy) is 1. The molecule has 3 rings (SSSR count). The number of aromatic nitrogens is 3. The van der Waals surface area contributed by atoms with Crippen molar-refractivity contribution in [2.24, 2.45) is 0 Å². The average Bonchev–Trinajstić information content (AvgIpc) is 3.09. The van der Waals surface area contributed by atoms with E-state index in [1.165, 1.54) is 4.68 Å². The molecule has 9 nitrogen and oxygen atoms in total. The molecule has 156 valence electrons. The predicted octanol–water partition coefficient (Wildman–Crippen LogP) is 2.05. The summed E-state index contributed by atoms with van der Waals surface area (Å²) in [5.41, 5.74) is 9.46. The van der Waals surface area contributed by atoms with Gasteiger partial charge in [-0.2, -0.15) is 0 Å². The summed E-state index contributed by atoms with van der Waals surface area (Å²) in [4.78, 5) is 24.9. The van der Waals surface area contributed by atoms with Gasteiger partial charge in [-0.05, 0) is 37.1 Å². The molecule has 0 saturated heterocycles. The van der Waals surface area contributed by atoms with Crippen molar-refractivity contribution >= 4 is 23.3 Å². The number of anilines is 2. The van der Waals surface area contributed by atoms with Gasteiger partial charge in [0.05, 0.1) is 7.11 Å². The summed E-state index contributed by atoms with van der Waals surface area (Å²) in [5.74, 6) is -0.123. The van der Waals surface area contributed by atoms with Crippen molar-refractivity contribution in [3.8, 4) is 5.75 Å². The Bertz CT molecular complexity index is 1080. The second-order valence-electron chi connectivity index (χ2n) is 6.84. The van der Waals surface area contributed by atoms with Crippen LogP contribution in [-0.4, -0.2) is 33.9 Å². The van der Waals surface area contributed by atoms with Crippen LogP contribution in [-0.2, 0) is 17.9 Å². The molecule has 2 amide bonds. The van der Waals surface area contributed by atoms with Crippen molar-refractivity contribution in [2.75, 3.05) is 18.2 Å². The molecule has 0 fully saturated rings. The summed E-state index contributed by atoms with van der Waals surface area (Å²) in [7, 11) is 1.56. The molecule has 0 aliphatic carbocycles. The zero-order chi connectivity index (χ0) is 21.7. The van der Waals surface area contributed by atoms with Crippen LogP contribution in [0.25, 0.3) is 0 Å². The highest BCUT2D eigenvalue weighted by Gasteiger charge is 2.19. The van der Waals surface area contributed by atoms with Gasteiger partial charge in [-0.25, -0.2) is 4.68 Å². The van der Waals surface area contributed by atoms with Crippen LogP contribution in [0, 0.1) is 13.8 Å². The molecule has 0 radical (unpaired) electrons. The van der Waals surface area contributed by atoms with Crippen LogP contribution in [0.2, 0.25) is 0 Å². The summed E-state index contributed by atoms with van der Waals surface area (Å²) in [6.07, 6.45) is 0. The van der Waals surface area contributed by atoms with Crippen LogP contribution in [0.1, 0.15) is 27.2 Å². The Balaban J connectivity index is 1.64. The van der Waals surface area contributed by atoms with Gasteiger partial charge in [-0.3, -0.25) is 9.59 Å². The number of methoxy groups -OCH3 is 1. The molecule has 1 heterocycles. The number of nitrogens with two attached hydrogens (primary N) is 1. The summed E-state index contributed by atoms with van der Waals surface area (Å²) in [6.45, 7) is 3.93. The second-order valence-corrected chi connectivity index (χ2v) is 6.84. The highest BCUT2D eigenvalue weighted by atomic mass is 16.5. The Hall–Kier alpha value is -3.88. The van der Waals surface area contributed by atoms with Crippen molar-refractivity contribution < 1.29 is 14.3 Å². The molecule has 30 heavy (non-hydrogen) atoms. The van der Waals surface area contributed by atoms with E-state index in [1.54, 1.807) is 13.2 Å². The van der Waals surface area contributed by atoms with Crippen molar-refractivity contribution in [3.63, 3.8) is 0 Å². The molecular weight excluding hydrogens is 384 g/mol. The SMILES string of the molecule is COc1ccccc1CNC(=O)c1nnn(CC(=O)Nc2cc(C)ccc2C)c1N. The van der Waals surface area contributed by atoms with E-state index < -0.39 is 5.91 Å². The lowest BCUT2D eigenvalue weighted by molar-refractivity contribution is -0.116. The Labute approximate surface area is 174 Å². The summed E-state index contributed by atoms with van der Waals surface area (Å²) in [5, 5.41) is 13.2. The molecule has 2 aromatic carbocycles. The molecule has 4 N–H and O–H groups in total. The molecule has 0 aliphatic heterocycles. The van der Waals surface area contributed by atoms with Crippen molar-refractivity contribution in [1.82, 2.24) is 20.3 Å². The molecule has 0 spiro atoms. The van der Waals surface area contributed by atoms with Crippen LogP contribution >= 0.6 is 0 Å². The fourth-order valence-electron chi connectivity index (χ4n) is 2.90. The average molecular weight is 408 g/mol. The fraction of sp³-hybridized carbons (Fsp3) is 0.238. The Kier molecular flexibility index (Phi) is 6.31. The maximum atomic E-state index is 12.5. The first-order valence-corrected chi connectivity index (χ1v) is 9.35. The van der Waals surface area contributed by atoms with Gasteiger partial charge in [0.1, 0.15) is 12.3 Å². The number of rotatable bonds is 7. The quantitative estimate of drug-likeness (QED) is 0.550. The molecule has 9 heteroatoms. The van der Waals surface area contributed by atoms with Gasteiger partial charge >= 0.3 is 0 Å². The Morgan fingerprint density at radius 1 is 1.17 bits per heavy atom. The number of para-hydroxylation sites is 1. The van der Waals surface area contributed by atoms with Gasteiger partial charge in [-0.1, -0.05) is 35.5 Å². The molecule has 0 bridgehead atoms. The largest absolute Gasteiger partial charge is 0.496 e. The lowest BCUT2D eigenvalue weighted by Gasteiger charge is -2.10. The van der Waals surface area contributed by atoms with E-state index in [9.17, 15) is 9.59 Å². The van der Waals surface area contributed by atoms with E-state index >= 15 is 0 Å². The molecule has 0 aliphatic rings. The van der Waals surface area contributed by atoms with Gasteiger partial charge in [0.15, 0.2) is 11.5 Å². The normalized spacial score (nSPS) is 10.5. The number of hydrogen-bond acceptors (Lipinski definition) is 6. The first-order chi connectivity index (χ1) is 14.4. The second kappa shape index (κ2) is 9.08. The number of nitrogens with zero attached hydrogens (tertiary/aromatic N) is 3. The Morgan fingerprint density at radius 3 is 2.70 bits per heavy atom. The van der Waals surface area contributed by atoms with E-state index in [-0.39, 0.29) is 30.5 Å². The zero-order valence-electron chi connectivity index (χ0n) is 17.1. The number of benzene rings is 2. The third-order valence-electron chi connectivity index (χ3n) is 4.58. The minimum Gasteiger partial charge on any atom is -0.496 e. The Morgan fingerprint density at radius 2 is 1.93 bits per heavy atom. The summed E-state index contributed by atoms with van der Waals surface area (Å²) in [6, 6.07) is 13.1. The monoisotopic (exact) mass is 408 g/mol. The van der Waals surface area contributed by atoms with Gasteiger partial charge in [0.2, 0.25) is 5.91 Å². The summed E-state index contributed by atoms with van der Waals surface area (Å²) < 4.78 is 6.46. The molecule has 0 saturated carbocycles. The molecule has 3 aromatic rings. The number of nitrogens with one attached hydrogen (secondary N) is 2. The number of hydrogen-bond donors (Lipinski definition) is 3. The highest BCUT2D eigenvalue weighted by molar-refractivity contribution is 5.97. The van der Waals surface area contributed by atoms with Crippen LogP contribution in [0.5, 0.6) is 5.75 Å². The minimum absolute atomic E-state index is 0.0173. The van der Waals surface area contributed by atoms with E-state index in [1.807, 2.05) is 50.2 Å². The van der Waals surface area contributed by atoms with Gasteiger partial charge in [-0.15, -0.1) is 5.10 Å². The van der Waals surface area contributed by atoms with Gasteiger partial charge in [0, 0.05) is 17.8 Å². The van der Waals surface area contributed by atoms with Crippen LogP contribution in [0.4, 0.5) is 11.5 Å². The number of carbonyl (C=O) groups is 2. The first kappa shape index (κ1) is 20.8. The van der Waals surface area contributed by atoms with Gasteiger partial charge < -0.3 is 21.1 Å². The smallest absolute Gasteiger partial charge is 0.275 e. The van der Waals surface area contributed by atoms with E-state index in [0.29, 0.717) is 11.4 Å². The fourth-order valence-corrected chi connectivity index (χ4v) is 2.90. The van der Waals surface area contributed by atoms with Gasteiger partial charge in [0.25, 0.3) is 5.91 Å². The zero-order valence-corrected chi connectivity index (χ0v) is 17.1. The van der Waals surface area contributed by atoms with E-state index in [2.05, 4.69) is 20.9 Å². The van der Waals surface area contributed by atoms with Crippen molar-refractivity contribution in [1.29, 1.82) is 0 Å². The third-order valence-corrected chi connectivity index (χ3v) is 4.58. The molecular formula is C21H24N6O3. The third kappa shape index (κ3) is 4.75. The maximum Gasteiger partial charge on any atom is 0.275 e. The molecule has 1 aromatic heterocycles. The van der Waals surface area contributed by atoms with Crippen LogP contribution in [0.3, 0.4) is 0 Å². The lowest BCUT2D eigenvalue weighted by Crippen LogP contribution is -2.25. The van der Waals surface area contributed by atoms with Crippen molar-refractivity contribution in [2.45, 2.75) is 26.9 Å². The highest BCUT2D eigenvalue weighted by Crippen LogP contribution is 2.18. The number of aryl methyl sites for hydroxylation is 2. The predicted molar refractivity (Wildman–Crippen MR) is 113 cm³/mol. The number of nitrogen functional groups attached to an aromatic ring is 1.